The van der Waals surface area contributed by atoms with Crippen molar-refractivity contribution in [3.05, 3.63) is 63.9 Å². The molecule has 2 aromatic carbocycles. The molecule has 0 unspecified atom stereocenters. The molecule has 21 heavy (non-hydrogen) atoms. The second-order valence-corrected chi connectivity index (χ2v) is 5.48. The molecule has 0 saturated heterocycles. The predicted octanol–water partition coefficient (Wildman–Crippen LogP) is 3.74. The molecule has 0 aromatic heterocycles. The van der Waals surface area contributed by atoms with Gasteiger partial charge in [0.05, 0.1) is 10.6 Å². The van der Waals surface area contributed by atoms with Crippen molar-refractivity contribution in [3.63, 3.8) is 0 Å². The van der Waals surface area contributed by atoms with Crippen LogP contribution in [0.1, 0.15) is 21.5 Å². The van der Waals surface area contributed by atoms with Crippen LogP contribution in [0.25, 0.3) is 0 Å². The zero-order valence-electron chi connectivity index (χ0n) is 11.1. The molecule has 0 saturated carbocycles. The second kappa shape index (κ2) is 5.37. The minimum atomic E-state index is -0.920. The van der Waals surface area contributed by atoms with Crippen molar-refractivity contribution >= 4 is 23.3 Å². The summed E-state index contributed by atoms with van der Waals surface area (Å²) in [6, 6.07) is 9.91. The Bertz CT molecular complexity index is 717. The van der Waals surface area contributed by atoms with E-state index in [0.29, 0.717) is 12.1 Å². The molecule has 0 amide bonds. The molecule has 2 aromatic rings. The number of carboxylic acid groups (broad SMARTS) is 1. The van der Waals surface area contributed by atoms with Crippen LogP contribution in [0.2, 0.25) is 5.02 Å². The molecule has 1 heterocycles. The minimum absolute atomic E-state index is 0.117. The molecule has 3 nitrogen and oxygen atoms in total. The third-order valence-corrected chi connectivity index (χ3v) is 3.98. The maximum Gasteiger partial charge on any atom is 0.335 e. The number of halogens is 2. The van der Waals surface area contributed by atoms with Gasteiger partial charge in [-0.05, 0) is 47.9 Å². The Hall–Kier alpha value is -2.07. The quantitative estimate of drug-likeness (QED) is 0.939. The van der Waals surface area contributed by atoms with E-state index in [-0.39, 0.29) is 5.02 Å². The van der Waals surface area contributed by atoms with E-state index in [9.17, 15) is 9.18 Å². The summed E-state index contributed by atoms with van der Waals surface area (Å²) in [6.07, 6.45) is 0.798. The van der Waals surface area contributed by atoms with Gasteiger partial charge >= 0.3 is 5.97 Å². The van der Waals surface area contributed by atoms with Crippen LogP contribution in [0.15, 0.2) is 36.4 Å². The maximum absolute atomic E-state index is 13.5. The Morgan fingerprint density at radius 1 is 1.29 bits per heavy atom. The molecule has 108 valence electrons. The van der Waals surface area contributed by atoms with E-state index in [2.05, 4.69) is 4.90 Å². The Morgan fingerprint density at radius 2 is 2.10 bits per heavy atom. The average Bonchev–Trinajstić information content (AvgIpc) is 2.85. The molecule has 3 rings (SSSR count). The molecule has 0 spiro atoms. The first kappa shape index (κ1) is 13.9. The van der Waals surface area contributed by atoms with E-state index >= 15 is 0 Å². The molecule has 0 radical (unpaired) electrons. The zero-order chi connectivity index (χ0) is 15.0. The highest BCUT2D eigenvalue weighted by atomic mass is 35.5. The van der Waals surface area contributed by atoms with Crippen molar-refractivity contribution in [3.8, 4) is 0 Å². The molecule has 1 N–H and O–H groups in total. The fourth-order valence-corrected chi connectivity index (χ4v) is 2.74. The summed E-state index contributed by atoms with van der Waals surface area (Å²) in [5, 5.41) is 9.12. The largest absolute Gasteiger partial charge is 0.478 e. The SMILES string of the molecule is O=C(O)c1ccc2c(c1)CCN2Cc1ccc(Cl)c(F)c1. The lowest BCUT2D eigenvalue weighted by Crippen LogP contribution is -2.19. The van der Waals surface area contributed by atoms with Crippen molar-refractivity contribution in [1.82, 2.24) is 0 Å². The van der Waals surface area contributed by atoms with E-state index in [1.165, 1.54) is 6.07 Å². The van der Waals surface area contributed by atoms with Gasteiger partial charge in [0.15, 0.2) is 0 Å². The van der Waals surface area contributed by atoms with Crippen LogP contribution in [-0.4, -0.2) is 17.6 Å². The third-order valence-electron chi connectivity index (χ3n) is 3.68. The molecule has 0 aliphatic carbocycles. The summed E-state index contributed by atoms with van der Waals surface area (Å²) < 4.78 is 13.5. The van der Waals surface area contributed by atoms with Gasteiger partial charge in [0.2, 0.25) is 0 Å². The first-order chi connectivity index (χ1) is 10.0. The van der Waals surface area contributed by atoms with Crippen molar-refractivity contribution in [2.75, 3.05) is 11.4 Å². The standard InChI is InChI=1S/C16H13ClFNO2/c17-13-3-1-10(7-14(13)18)9-19-6-5-11-8-12(16(20)21)2-4-15(11)19/h1-4,7-8H,5-6,9H2,(H,20,21). The summed E-state index contributed by atoms with van der Waals surface area (Å²) in [6.45, 7) is 1.37. The highest BCUT2D eigenvalue weighted by molar-refractivity contribution is 6.30. The van der Waals surface area contributed by atoms with Crippen molar-refractivity contribution in [1.29, 1.82) is 0 Å². The third kappa shape index (κ3) is 2.72. The normalized spacial score (nSPS) is 13.3. The molecular weight excluding hydrogens is 293 g/mol. The number of carbonyl (C=O) groups is 1. The van der Waals surface area contributed by atoms with E-state index in [1.807, 2.05) is 6.07 Å². The molecule has 0 bridgehead atoms. The number of fused-ring (bicyclic) bond motifs is 1. The summed E-state index contributed by atoms with van der Waals surface area (Å²) in [5.74, 6) is -1.34. The van der Waals surface area contributed by atoms with Crippen LogP contribution in [0, 0.1) is 5.82 Å². The summed E-state index contributed by atoms with van der Waals surface area (Å²) in [4.78, 5) is 13.1. The van der Waals surface area contributed by atoms with Gasteiger partial charge < -0.3 is 10.0 Å². The molecule has 1 aliphatic heterocycles. The summed E-state index contributed by atoms with van der Waals surface area (Å²) in [5.41, 5.74) is 3.17. The van der Waals surface area contributed by atoms with Crippen molar-refractivity contribution in [2.24, 2.45) is 0 Å². The fourth-order valence-electron chi connectivity index (χ4n) is 2.63. The Balaban J connectivity index is 1.84. The second-order valence-electron chi connectivity index (χ2n) is 5.07. The topological polar surface area (TPSA) is 40.5 Å². The van der Waals surface area contributed by atoms with Crippen molar-refractivity contribution in [2.45, 2.75) is 13.0 Å². The number of carboxylic acids is 1. The summed E-state index contributed by atoms with van der Waals surface area (Å²) >= 11 is 5.68. The first-order valence-corrected chi connectivity index (χ1v) is 6.97. The zero-order valence-corrected chi connectivity index (χ0v) is 11.9. The first-order valence-electron chi connectivity index (χ1n) is 6.59. The Kier molecular flexibility index (Phi) is 3.55. The lowest BCUT2D eigenvalue weighted by molar-refractivity contribution is 0.0697. The lowest BCUT2D eigenvalue weighted by Gasteiger charge is -2.19. The number of benzene rings is 2. The number of nitrogens with zero attached hydrogens (tertiary/aromatic N) is 1. The van der Waals surface area contributed by atoms with Gasteiger partial charge in [0.1, 0.15) is 5.82 Å². The summed E-state index contributed by atoms with van der Waals surface area (Å²) in [7, 11) is 0. The number of rotatable bonds is 3. The molecule has 1 aliphatic rings. The minimum Gasteiger partial charge on any atom is -0.478 e. The fraction of sp³-hybridized carbons (Fsp3) is 0.188. The van der Waals surface area contributed by atoms with Crippen LogP contribution < -0.4 is 4.90 Å². The number of aromatic carboxylic acids is 1. The number of hydrogen-bond donors (Lipinski definition) is 1. The molecule has 5 heteroatoms. The van der Waals surface area contributed by atoms with Gasteiger partial charge in [0, 0.05) is 18.8 Å². The van der Waals surface area contributed by atoms with E-state index in [4.69, 9.17) is 16.7 Å². The van der Waals surface area contributed by atoms with E-state index < -0.39 is 11.8 Å². The molecule has 0 atom stereocenters. The van der Waals surface area contributed by atoms with Gasteiger partial charge in [-0.2, -0.15) is 0 Å². The van der Waals surface area contributed by atoms with Gasteiger partial charge in [-0.25, -0.2) is 9.18 Å². The van der Waals surface area contributed by atoms with Gasteiger partial charge in [-0.15, -0.1) is 0 Å². The Labute approximate surface area is 126 Å². The number of anilines is 1. The smallest absolute Gasteiger partial charge is 0.335 e. The monoisotopic (exact) mass is 305 g/mol. The van der Waals surface area contributed by atoms with Crippen molar-refractivity contribution < 1.29 is 14.3 Å². The number of hydrogen-bond acceptors (Lipinski definition) is 2. The van der Waals surface area contributed by atoms with Crippen LogP contribution >= 0.6 is 11.6 Å². The van der Waals surface area contributed by atoms with Gasteiger partial charge in [0.25, 0.3) is 0 Å². The van der Waals surface area contributed by atoms with Crippen LogP contribution in [0.5, 0.6) is 0 Å². The van der Waals surface area contributed by atoms with E-state index in [0.717, 1.165) is 29.8 Å². The molecular formula is C16H13ClFNO2. The van der Waals surface area contributed by atoms with Crippen LogP contribution in [0.3, 0.4) is 0 Å². The van der Waals surface area contributed by atoms with Gasteiger partial charge in [-0.3, -0.25) is 0 Å². The Morgan fingerprint density at radius 3 is 2.81 bits per heavy atom. The van der Waals surface area contributed by atoms with Crippen LogP contribution in [-0.2, 0) is 13.0 Å². The lowest BCUT2D eigenvalue weighted by atomic mass is 10.1. The van der Waals surface area contributed by atoms with E-state index in [1.54, 1.807) is 24.3 Å². The maximum atomic E-state index is 13.5. The highest BCUT2D eigenvalue weighted by Crippen LogP contribution is 2.30. The predicted molar refractivity (Wildman–Crippen MR) is 79.6 cm³/mol. The average molecular weight is 306 g/mol. The van der Waals surface area contributed by atoms with Crippen LogP contribution in [0.4, 0.5) is 10.1 Å². The highest BCUT2D eigenvalue weighted by Gasteiger charge is 2.20. The molecule has 0 fully saturated rings. The van der Waals surface area contributed by atoms with Gasteiger partial charge in [-0.1, -0.05) is 17.7 Å².